The number of nitrogens with zero attached hydrogens (tertiary/aromatic N) is 6. The van der Waals surface area contributed by atoms with Crippen molar-refractivity contribution in [2.45, 2.75) is 37.8 Å². The lowest BCUT2D eigenvalue weighted by Gasteiger charge is -2.32. The van der Waals surface area contributed by atoms with E-state index in [9.17, 15) is 4.79 Å². The van der Waals surface area contributed by atoms with Crippen LogP contribution in [0, 0.1) is 0 Å². The fraction of sp³-hybridized carbons (Fsp3) is 0.375. The number of aromatic nitrogens is 4. The van der Waals surface area contributed by atoms with Crippen LogP contribution in [-0.4, -0.2) is 81.4 Å². The Kier molecular flexibility index (Phi) is 8.43. The molecule has 2 aliphatic heterocycles. The number of para-hydroxylation sites is 1. The standard InChI is InChI=1S/C32H37N7O3/c1-37(24-15-19-41-20-16-24)17-6-10-28(40)38-18-5-7-25(21-38)39-32-29(31(33)34-22-35-32)30(36-39)23-11-13-27(14-12-23)42-26-8-3-2-4-9-26/h2-4,6,8-14,22,24-25H,5,7,15-21H2,1H3,(H2,33,34,35)/b10-6+/t25-/m1/s1. The van der Waals surface area contributed by atoms with Crippen LogP contribution in [0.15, 0.2) is 73.1 Å². The van der Waals surface area contributed by atoms with Gasteiger partial charge in [0.1, 0.15) is 29.3 Å². The van der Waals surface area contributed by atoms with Gasteiger partial charge in [0.2, 0.25) is 5.91 Å². The minimum absolute atomic E-state index is 0.0211. The van der Waals surface area contributed by atoms with E-state index < -0.39 is 0 Å². The second-order valence-corrected chi connectivity index (χ2v) is 11.0. The monoisotopic (exact) mass is 567 g/mol. The first-order valence-corrected chi connectivity index (χ1v) is 14.6. The Morgan fingerprint density at radius 3 is 2.62 bits per heavy atom. The largest absolute Gasteiger partial charge is 0.457 e. The molecule has 6 rings (SSSR count). The van der Waals surface area contributed by atoms with Crippen LogP contribution < -0.4 is 10.5 Å². The fourth-order valence-electron chi connectivity index (χ4n) is 5.81. The Bertz CT molecular complexity index is 1530. The number of likely N-dealkylation sites (tertiary alicyclic amines) is 1. The highest BCUT2D eigenvalue weighted by atomic mass is 16.5. The smallest absolute Gasteiger partial charge is 0.246 e. The van der Waals surface area contributed by atoms with Gasteiger partial charge in [-0.2, -0.15) is 5.10 Å². The molecule has 0 spiro atoms. The Morgan fingerprint density at radius 1 is 1.07 bits per heavy atom. The molecule has 0 radical (unpaired) electrons. The third kappa shape index (κ3) is 6.14. The molecule has 2 fully saturated rings. The summed E-state index contributed by atoms with van der Waals surface area (Å²) >= 11 is 0. The second kappa shape index (κ2) is 12.7. The van der Waals surface area contributed by atoms with Gasteiger partial charge < -0.3 is 20.1 Å². The third-order valence-corrected chi connectivity index (χ3v) is 8.15. The molecule has 0 aliphatic carbocycles. The van der Waals surface area contributed by atoms with Gasteiger partial charge in [-0.25, -0.2) is 14.6 Å². The number of carbonyl (C=O) groups is 1. The van der Waals surface area contributed by atoms with E-state index >= 15 is 0 Å². The number of rotatable bonds is 8. The molecule has 0 unspecified atom stereocenters. The summed E-state index contributed by atoms with van der Waals surface area (Å²) in [6, 6.07) is 17.9. The normalized spacial score (nSPS) is 18.2. The Labute approximate surface area is 245 Å². The van der Waals surface area contributed by atoms with Crippen LogP contribution in [0.4, 0.5) is 5.82 Å². The highest BCUT2D eigenvalue weighted by Crippen LogP contribution is 2.35. The zero-order valence-corrected chi connectivity index (χ0v) is 23.9. The van der Waals surface area contributed by atoms with Gasteiger partial charge in [-0.15, -0.1) is 0 Å². The molecule has 1 amide bonds. The predicted molar refractivity (Wildman–Crippen MR) is 162 cm³/mol. The maximum absolute atomic E-state index is 13.2. The Hall–Kier alpha value is -4.28. The lowest BCUT2D eigenvalue weighted by atomic mass is 10.1. The first kappa shape index (κ1) is 27.9. The average Bonchev–Trinajstić information content (AvgIpc) is 3.43. The van der Waals surface area contributed by atoms with Gasteiger partial charge >= 0.3 is 0 Å². The van der Waals surface area contributed by atoms with Crippen molar-refractivity contribution >= 4 is 22.8 Å². The molecule has 2 aliphatic rings. The van der Waals surface area contributed by atoms with E-state index in [2.05, 4.69) is 21.9 Å². The van der Waals surface area contributed by atoms with Gasteiger partial charge in [-0.05, 0) is 69.1 Å². The topological polar surface area (TPSA) is 112 Å². The molecular formula is C32H37N7O3. The molecule has 10 heteroatoms. The van der Waals surface area contributed by atoms with Crippen LogP contribution in [0.5, 0.6) is 11.5 Å². The number of piperidine rings is 1. The molecule has 4 heterocycles. The summed E-state index contributed by atoms with van der Waals surface area (Å²) in [6.45, 7) is 3.64. The van der Waals surface area contributed by atoms with Crippen molar-refractivity contribution in [3.8, 4) is 22.8 Å². The average molecular weight is 568 g/mol. The molecule has 2 aromatic carbocycles. The number of fused-ring (bicyclic) bond motifs is 1. The highest BCUT2D eigenvalue weighted by Gasteiger charge is 2.28. The zero-order valence-electron chi connectivity index (χ0n) is 23.9. The van der Waals surface area contributed by atoms with Crippen molar-refractivity contribution in [3.05, 3.63) is 73.1 Å². The van der Waals surface area contributed by atoms with Crippen molar-refractivity contribution in [2.75, 3.05) is 45.6 Å². The third-order valence-electron chi connectivity index (χ3n) is 8.15. The van der Waals surface area contributed by atoms with E-state index in [1.54, 1.807) is 6.08 Å². The van der Waals surface area contributed by atoms with Crippen molar-refractivity contribution in [1.82, 2.24) is 29.5 Å². The minimum atomic E-state index is -0.0211. The van der Waals surface area contributed by atoms with Gasteiger partial charge in [0.25, 0.3) is 0 Å². The Balaban J connectivity index is 1.18. The van der Waals surface area contributed by atoms with Crippen LogP contribution in [0.25, 0.3) is 22.3 Å². The van der Waals surface area contributed by atoms with E-state index in [4.69, 9.17) is 20.3 Å². The first-order valence-electron chi connectivity index (χ1n) is 14.6. The molecule has 0 bridgehead atoms. The lowest BCUT2D eigenvalue weighted by molar-refractivity contribution is -0.127. The SMILES string of the molecule is CN(C/C=C/C(=O)N1CCC[C@@H](n2nc(-c3ccc(Oc4ccccc4)cc3)c3c(N)ncnc32)C1)C1CCOCC1. The predicted octanol–water partition coefficient (Wildman–Crippen LogP) is 4.70. The van der Waals surface area contributed by atoms with Crippen LogP contribution >= 0.6 is 0 Å². The number of ether oxygens (including phenoxy) is 2. The fourth-order valence-corrected chi connectivity index (χ4v) is 5.81. The first-order chi connectivity index (χ1) is 20.6. The molecule has 0 saturated carbocycles. The number of carbonyl (C=O) groups excluding carboxylic acids is 1. The molecule has 2 aromatic heterocycles. The van der Waals surface area contributed by atoms with Crippen molar-refractivity contribution in [2.24, 2.45) is 0 Å². The molecule has 2 saturated heterocycles. The van der Waals surface area contributed by atoms with Gasteiger partial charge in [0.05, 0.1) is 11.4 Å². The van der Waals surface area contributed by atoms with Gasteiger partial charge in [-0.1, -0.05) is 24.3 Å². The van der Waals surface area contributed by atoms with Crippen molar-refractivity contribution in [3.63, 3.8) is 0 Å². The lowest BCUT2D eigenvalue weighted by Crippen LogP contribution is -2.40. The van der Waals surface area contributed by atoms with Gasteiger partial charge in [-0.3, -0.25) is 9.69 Å². The summed E-state index contributed by atoms with van der Waals surface area (Å²) in [7, 11) is 2.11. The molecule has 1 atom stereocenters. The number of hydrogen-bond donors (Lipinski definition) is 1. The number of likely N-dealkylation sites (N-methyl/N-ethyl adjacent to an activating group) is 1. The van der Waals surface area contributed by atoms with E-state index in [-0.39, 0.29) is 11.9 Å². The van der Waals surface area contributed by atoms with Crippen LogP contribution in [0.3, 0.4) is 0 Å². The van der Waals surface area contributed by atoms with Crippen molar-refractivity contribution < 1.29 is 14.3 Å². The van der Waals surface area contributed by atoms with E-state index in [1.807, 2.05) is 70.3 Å². The zero-order chi connectivity index (χ0) is 28.9. The summed E-state index contributed by atoms with van der Waals surface area (Å²) < 4.78 is 13.4. The van der Waals surface area contributed by atoms with E-state index in [1.165, 1.54) is 6.33 Å². The number of hydrogen-bond acceptors (Lipinski definition) is 8. The molecule has 2 N–H and O–H groups in total. The number of anilines is 1. The van der Waals surface area contributed by atoms with Gasteiger partial charge in [0, 0.05) is 50.5 Å². The number of nitrogen functional groups attached to an aromatic ring is 1. The number of amides is 1. The van der Waals surface area contributed by atoms with E-state index in [0.717, 1.165) is 69.0 Å². The Morgan fingerprint density at radius 2 is 1.83 bits per heavy atom. The molecule has 218 valence electrons. The highest BCUT2D eigenvalue weighted by molar-refractivity contribution is 5.98. The summed E-state index contributed by atoms with van der Waals surface area (Å²) in [6.07, 6.45) is 9.00. The van der Waals surface area contributed by atoms with Crippen LogP contribution in [0.2, 0.25) is 0 Å². The molecule has 4 aromatic rings. The summed E-state index contributed by atoms with van der Waals surface area (Å²) in [5, 5.41) is 5.73. The number of nitrogens with two attached hydrogens (primary N) is 1. The molecule has 10 nitrogen and oxygen atoms in total. The van der Waals surface area contributed by atoms with E-state index in [0.29, 0.717) is 35.1 Å². The number of benzene rings is 2. The summed E-state index contributed by atoms with van der Waals surface area (Å²) in [5.74, 6) is 1.91. The molecule has 42 heavy (non-hydrogen) atoms. The second-order valence-electron chi connectivity index (χ2n) is 11.0. The quantitative estimate of drug-likeness (QED) is 0.305. The summed E-state index contributed by atoms with van der Waals surface area (Å²) in [4.78, 5) is 26.2. The van der Waals surface area contributed by atoms with Gasteiger partial charge in [0.15, 0.2) is 5.65 Å². The maximum atomic E-state index is 13.2. The van der Waals surface area contributed by atoms with Crippen LogP contribution in [0.1, 0.15) is 31.7 Å². The summed E-state index contributed by atoms with van der Waals surface area (Å²) in [5.41, 5.74) is 8.65. The minimum Gasteiger partial charge on any atom is -0.457 e. The maximum Gasteiger partial charge on any atom is 0.246 e. The van der Waals surface area contributed by atoms with Crippen molar-refractivity contribution in [1.29, 1.82) is 0 Å². The molecular weight excluding hydrogens is 530 g/mol. The van der Waals surface area contributed by atoms with Crippen LogP contribution in [-0.2, 0) is 9.53 Å².